The van der Waals surface area contributed by atoms with Crippen molar-refractivity contribution in [2.24, 2.45) is 10.8 Å². The van der Waals surface area contributed by atoms with Crippen molar-refractivity contribution in [1.29, 1.82) is 0 Å². The lowest BCUT2D eigenvalue weighted by Gasteiger charge is -2.40. The van der Waals surface area contributed by atoms with Gasteiger partial charge in [0.1, 0.15) is 0 Å². The van der Waals surface area contributed by atoms with Gasteiger partial charge in [0.25, 0.3) is 0 Å². The summed E-state index contributed by atoms with van der Waals surface area (Å²) < 4.78 is 42.6. The monoisotopic (exact) mass is 416 g/mol. The molecule has 0 amide bonds. The van der Waals surface area contributed by atoms with Gasteiger partial charge in [-0.25, -0.2) is 4.79 Å². The van der Waals surface area contributed by atoms with Crippen LogP contribution in [-0.2, 0) is 18.8 Å². The number of methoxy groups -OCH3 is 1. The van der Waals surface area contributed by atoms with E-state index in [0.29, 0.717) is 13.0 Å². The SMILES string of the molecule is COC(=O)[C@@H](N=[N+]=[N-])[C@H](CCN)O[Si](C)(C)C(C)(C)C.O=C(O)C(F)(F)F. The lowest BCUT2D eigenvalue weighted by molar-refractivity contribution is -0.192. The average molecular weight is 416 g/mol. The quantitative estimate of drug-likeness (QED) is 0.214. The number of nitrogens with two attached hydrogens (primary N) is 1. The highest BCUT2D eigenvalue weighted by Crippen LogP contribution is 2.38. The molecule has 0 aliphatic heterocycles. The zero-order valence-electron chi connectivity index (χ0n) is 16.2. The first-order valence-electron chi connectivity index (χ1n) is 7.85. The van der Waals surface area contributed by atoms with Crippen LogP contribution in [0.15, 0.2) is 5.11 Å². The second kappa shape index (κ2) is 11.1. The third-order valence-electron chi connectivity index (χ3n) is 3.92. The number of hydrogen-bond donors (Lipinski definition) is 2. The standard InChI is InChI=1S/C12H26N4O3Si.C2HF3O2/c1-12(2,3)20(5,6)19-9(7-8-13)10(15-16-14)11(17)18-4;3-2(4,5)1(6)7/h9-10H,7-8,13H2,1-6H3;(H,6,7)/t9-,10-;/m0./s1. The molecule has 0 aliphatic carbocycles. The number of nitrogens with zero attached hydrogens (tertiary/aromatic N) is 3. The highest BCUT2D eigenvalue weighted by atomic mass is 28.4. The molecular weight excluding hydrogens is 389 g/mol. The van der Waals surface area contributed by atoms with Crippen molar-refractivity contribution in [2.75, 3.05) is 13.7 Å². The van der Waals surface area contributed by atoms with Crippen LogP contribution in [0.3, 0.4) is 0 Å². The van der Waals surface area contributed by atoms with E-state index in [2.05, 4.69) is 48.6 Å². The molecule has 27 heavy (non-hydrogen) atoms. The van der Waals surface area contributed by atoms with Crippen molar-refractivity contribution in [3.05, 3.63) is 10.4 Å². The summed E-state index contributed by atoms with van der Waals surface area (Å²) in [5.41, 5.74) is 14.2. The summed E-state index contributed by atoms with van der Waals surface area (Å²) in [6, 6.07) is -0.998. The minimum atomic E-state index is -5.08. The number of esters is 1. The van der Waals surface area contributed by atoms with Crippen LogP contribution in [0.2, 0.25) is 18.1 Å². The van der Waals surface area contributed by atoms with E-state index in [0.717, 1.165) is 0 Å². The van der Waals surface area contributed by atoms with Crippen molar-refractivity contribution in [1.82, 2.24) is 0 Å². The third kappa shape index (κ3) is 10.2. The second-order valence-corrected chi connectivity index (χ2v) is 11.7. The maximum absolute atomic E-state index is 11.8. The van der Waals surface area contributed by atoms with Crippen LogP contribution in [0.1, 0.15) is 27.2 Å². The molecule has 0 aliphatic rings. The predicted molar refractivity (Wildman–Crippen MR) is 94.4 cm³/mol. The van der Waals surface area contributed by atoms with E-state index in [-0.39, 0.29) is 5.04 Å². The molecule has 3 N–H and O–H groups in total. The molecule has 0 saturated carbocycles. The van der Waals surface area contributed by atoms with Gasteiger partial charge in [-0.15, -0.1) is 0 Å². The summed E-state index contributed by atoms with van der Waals surface area (Å²) in [5, 5.41) is 10.6. The van der Waals surface area contributed by atoms with Crippen LogP contribution >= 0.6 is 0 Å². The zero-order valence-corrected chi connectivity index (χ0v) is 17.2. The Morgan fingerprint density at radius 1 is 1.30 bits per heavy atom. The van der Waals surface area contributed by atoms with Gasteiger partial charge in [0.05, 0.1) is 13.2 Å². The predicted octanol–water partition coefficient (Wildman–Crippen LogP) is 3.21. The molecule has 0 fully saturated rings. The largest absolute Gasteiger partial charge is 0.490 e. The van der Waals surface area contributed by atoms with E-state index in [1.165, 1.54) is 7.11 Å². The van der Waals surface area contributed by atoms with E-state index in [4.69, 9.17) is 25.6 Å². The molecule has 0 saturated heterocycles. The number of alkyl halides is 3. The molecule has 0 aromatic rings. The van der Waals surface area contributed by atoms with Gasteiger partial charge in [0.2, 0.25) is 0 Å². The van der Waals surface area contributed by atoms with Crippen LogP contribution in [0.5, 0.6) is 0 Å². The summed E-state index contributed by atoms with van der Waals surface area (Å²) >= 11 is 0. The lowest BCUT2D eigenvalue weighted by atomic mass is 10.1. The maximum atomic E-state index is 11.8. The Bertz CT molecular complexity index is 546. The molecule has 0 spiro atoms. The molecule has 13 heteroatoms. The molecular formula is C14H27F3N4O5Si. The Balaban J connectivity index is 0. The van der Waals surface area contributed by atoms with Crippen LogP contribution in [0, 0.1) is 0 Å². The number of halogens is 3. The number of hydrogen-bond acceptors (Lipinski definition) is 6. The molecule has 0 rings (SSSR count). The fraction of sp³-hybridized carbons (Fsp3) is 0.857. The summed E-state index contributed by atoms with van der Waals surface area (Å²) in [7, 11) is -0.844. The Labute approximate surface area is 156 Å². The van der Waals surface area contributed by atoms with Crippen molar-refractivity contribution in [2.45, 2.75) is 63.6 Å². The Kier molecular flexibility index (Phi) is 11.3. The molecule has 0 bridgehead atoms. The van der Waals surface area contributed by atoms with E-state index in [1.54, 1.807) is 0 Å². The van der Waals surface area contributed by atoms with E-state index >= 15 is 0 Å². The second-order valence-electron chi connectivity index (χ2n) is 6.97. The first-order valence-corrected chi connectivity index (χ1v) is 10.8. The summed E-state index contributed by atoms with van der Waals surface area (Å²) in [6.07, 6.45) is -5.20. The molecule has 0 aromatic carbocycles. The number of carbonyl (C=O) groups is 2. The fourth-order valence-electron chi connectivity index (χ4n) is 1.45. The van der Waals surface area contributed by atoms with Gasteiger partial charge >= 0.3 is 18.1 Å². The first kappa shape index (κ1) is 27.4. The normalized spacial score (nSPS) is 14.1. The molecule has 0 radical (unpaired) electrons. The number of aliphatic carboxylic acids is 1. The number of azide groups is 1. The topological polar surface area (TPSA) is 148 Å². The molecule has 9 nitrogen and oxygen atoms in total. The van der Waals surface area contributed by atoms with Crippen LogP contribution < -0.4 is 5.73 Å². The van der Waals surface area contributed by atoms with Crippen molar-refractivity contribution >= 4 is 20.3 Å². The van der Waals surface area contributed by atoms with Gasteiger partial charge in [-0.05, 0) is 36.6 Å². The highest BCUT2D eigenvalue weighted by Gasteiger charge is 2.42. The third-order valence-corrected chi connectivity index (χ3v) is 8.42. The maximum Gasteiger partial charge on any atom is 0.490 e. The van der Waals surface area contributed by atoms with Crippen LogP contribution in [-0.4, -0.2) is 57.3 Å². The summed E-state index contributed by atoms with van der Waals surface area (Å²) in [4.78, 5) is 23.4. The highest BCUT2D eigenvalue weighted by molar-refractivity contribution is 6.74. The lowest BCUT2D eigenvalue weighted by Crippen LogP contribution is -2.49. The van der Waals surface area contributed by atoms with E-state index in [9.17, 15) is 18.0 Å². The molecule has 158 valence electrons. The number of ether oxygens (including phenoxy) is 1. The minimum absolute atomic E-state index is 0.0170. The molecule has 0 aromatic heterocycles. The summed E-state index contributed by atoms with van der Waals surface area (Å²) in [6.45, 7) is 10.8. The number of carboxylic acids is 1. The van der Waals surface area contributed by atoms with Gasteiger partial charge in [0, 0.05) is 4.91 Å². The van der Waals surface area contributed by atoms with Crippen LogP contribution in [0.4, 0.5) is 13.2 Å². The minimum Gasteiger partial charge on any atom is -0.475 e. The Morgan fingerprint density at radius 2 is 1.74 bits per heavy atom. The Hall–Kier alpha value is -1.82. The van der Waals surface area contributed by atoms with Gasteiger partial charge in [-0.1, -0.05) is 25.9 Å². The summed E-state index contributed by atoms with van der Waals surface area (Å²) in [5.74, 6) is -3.35. The van der Waals surface area contributed by atoms with E-state index in [1.807, 2.05) is 0 Å². The number of carbonyl (C=O) groups excluding carboxylic acids is 1. The molecule has 2 atom stereocenters. The molecule has 0 heterocycles. The van der Waals surface area contributed by atoms with Crippen molar-refractivity contribution in [3.8, 4) is 0 Å². The van der Waals surface area contributed by atoms with Crippen molar-refractivity contribution in [3.63, 3.8) is 0 Å². The fourth-order valence-corrected chi connectivity index (χ4v) is 2.81. The Morgan fingerprint density at radius 3 is 2.00 bits per heavy atom. The molecule has 0 unspecified atom stereocenters. The van der Waals surface area contributed by atoms with Gasteiger partial charge in [0.15, 0.2) is 14.4 Å². The van der Waals surface area contributed by atoms with Crippen LogP contribution in [0.25, 0.3) is 10.4 Å². The number of rotatable bonds is 7. The zero-order chi connectivity index (χ0) is 22.1. The van der Waals surface area contributed by atoms with Crippen molar-refractivity contribution < 1.29 is 37.0 Å². The van der Waals surface area contributed by atoms with Gasteiger partial charge < -0.3 is 20.0 Å². The van der Waals surface area contributed by atoms with Gasteiger partial charge in [-0.2, -0.15) is 13.2 Å². The van der Waals surface area contributed by atoms with E-state index < -0.39 is 38.6 Å². The average Bonchev–Trinajstić information content (AvgIpc) is 2.50. The number of carboxylic acid groups (broad SMARTS) is 1. The smallest absolute Gasteiger partial charge is 0.475 e. The van der Waals surface area contributed by atoms with Gasteiger partial charge in [-0.3, -0.25) is 4.79 Å². The first-order chi connectivity index (χ1) is 12.0.